The van der Waals surface area contributed by atoms with Crippen LogP contribution in [0.25, 0.3) is 0 Å². The smallest absolute Gasteiger partial charge is 0.250 e. The highest BCUT2D eigenvalue weighted by molar-refractivity contribution is 7.89. The van der Waals surface area contributed by atoms with Gasteiger partial charge < -0.3 is 19.5 Å². The first-order chi connectivity index (χ1) is 17.8. The Morgan fingerprint density at radius 3 is 2.35 bits per heavy atom. The number of halogens is 1. The number of carbonyl (C=O) groups is 2. The van der Waals surface area contributed by atoms with Gasteiger partial charge in [0.1, 0.15) is 17.8 Å². The van der Waals surface area contributed by atoms with Gasteiger partial charge in [-0.25, -0.2) is 8.42 Å². The van der Waals surface area contributed by atoms with Crippen molar-refractivity contribution in [2.24, 2.45) is 0 Å². The van der Waals surface area contributed by atoms with Crippen LogP contribution in [0.2, 0.25) is 5.02 Å². The number of para-hydroxylation sites is 1. The second-order valence-corrected chi connectivity index (χ2v) is 11.5. The molecule has 3 heterocycles. The molecule has 0 bridgehead atoms. The fraction of sp³-hybridized carbons (Fsp3) is 0.308. The fourth-order valence-electron chi connectivity index (χ4n) is 5.00. The van der Waals surface area contributed by atoms with Crippen LogP contribution in [0.5, 0.6) is 0 Å². The molecule has 5 rings (SSSR count). The van der Waals surface area contributed by atoms with Crippen molar-refractivity contribution in [2.45, 2.75) is 29.8 Å². The van der Waals surface area contributed by atoms with Gasteiger partial charge in [0.15, 0.2) is 0 Å². The molecule has 2 saturated heterocycles. The summed E-state index contributed by atoms with van der Waals surface area (Å²) < 4.78 is 33.1. The van der Waals surface area contributed by atoms with E-state index in [0.29, 0.717) is 23.6 Å². The third-order valence-corrected chi connectivity index (χ3v) is 9.12. The van der Waals surface area contributed by atoms with Crippen LogP contribution >= 0.6 is 11.6 Å². The highest BCUT2D eigenvalue weighted by Crippen LogP contribution is 2.40. The van der Waals surface area contributed by atoms with E-state index in [1.807, 2.05) is 35.2 Å². The Morgan fingerprint density at radius 1 is 1.00 bits per heavy atom. The number of hydrogen-bond acceptors (Lipinski definition) is 6. The Labute approximate surface area is 220 Å². The van der Waals surface area contributed by atoms with Crippen LogP contribution in [0.3, 0.4) is 0 Å². The van der Waals surface area contributed by atoms with Gasteiger partial charge in [-0.05, 0) is 61.4 Å². The van der Waals surface area contributed by atoms with Gasteiger partial charge in [-0.15, -0.1) is 0 Å². The minimum Gasteiger partial charge on any atom is -0.467 e. The minimum atomic E-state index is -3.73. The van der Waals surface area contributed by atoms with Gasteiger partial charge in [0.2, 0.25) is 21.8 Å². The Balaban J connectivity index is 1.34. The van der Waals surface area contributed by atoms with Crippen molar-refractivity contribution in [3.8, 4) is 0 Å². The van der Waals surface area contributed by atoms with E-state index in [4.69, 9.17) is 16.0 Å². The number of anilines is 1. The summed E-state index contributed by atoms with van der Waals surface area (Å²) >= 11 is 5.93. The summed E-state index contributed by atoms with van der Waals surface area (Å²) in [5.74, 6) is 0.156. The zero-order valence-electron chi connectivity index (χ0n) is 20.0. The van der Waals surface area contributed by atoms with E-state index in [0.717, 1.165) is 5.69 Å². The molecule has 11 heteroatoms. The lowest BCUT2D eigenvalue weighted by molar-refractivity contribution is -0.137. The number of carbonyl (C=O) groups excluding carboxylic acids is 2. The molecule has 0 atom stereocenters. The van der Waals surface area contributed by atoms with Gasteiger partial charge in [-0.2, -0.15) is 4.31 Å². The molecular formula is C26H27ClN4O5S. The van der Waals surface area contributed by atoms with Crippen molar-refractivity contribution < 1.29 is 22.4 Å². The number of nitrogens with one attached hydrogen (secondary N) is 1. The molecule has 2 aliphatic rings. The number of nitrogens with zero attached hydrogens (tertiary/aromatic N) is 3. The largest absolute Gasteiger partial charge is 0.467 e. The molecule has 9 nitrogen and oxygen atoms in total. The first-order valence-corrected chi connectivity index (χ1v) is 13.8. The number of benzene rings is 2. The minimum absolute atomic E-state index is 0.0998. The molecule has 2 fully saturated rings. The molecule has 0 saturated carbocycles. The molecule has 2 aliphatic heterocycles. The lowest BCUT2D eigenvalue weighted by atomic mass is 9.86. The maximum atomic E-state index is 13.8. The molecule has 3 aromatic rings. The van der Waals surface area contributed by atoms with E-state index >= 15 is 0 Å². The highest BCUT2D eigenvalue weighted by atomic mass is 35.5. The summed E-state index contributed by atoms with van der Waals surface area (Å²) in [6, 6.07) is 19.1. The van der Waals surface area contributed by atoms with Crippen LogP contribution in [0.4, 0.5) is 5.69 Å². The standard InChI is InChI=1S/C26H27ClN4O5S/c27-20-8-10-23(11-9-20)37(34,35)30-14-12-26(13-15-30)25(33)29(19-31(26)21-5-2-1-3-6-21)18-24(32)28-17-22-7-4-16-36-22/h1-11,16H,12-15,17-19H2,(H,28,32). The summed E-state index contributed by atoms with van der Waals surface area (Å²) in [6.45, 7) is 0.731. The number of sulfonamides is 1. The molecule has 1 aromatic heterocycles. The summed E-state index contributed by atoms with van der Waals surface area (Å²) in [4.78, 5) is 30.2. The van der Waals surface area contributed by atoms with Gasteiger partial charge in [0.05, 0.1) is 24.4 Å². The molecule has 0 radical (unpaired) electrons. The molecule has 2 amide bonds. The first kappa shape index (κ1) is 25.3. The van der Waals surface area contributed by atoms with Crippen LogP contribution in [0, 0.1) is 0 Å². The van der Waals surface area contributed by atoms with Crippen molar-refractivity contribution >= 4 is 39.1 Å². The van der Waals surface area contributed by atoms with Crippen LogP contribution in [-0.2, 0) is 26.2 Å². The van der Waals surface area contributed by atoms with Crippen LogP contribution in [-0.4, -0.2) is 61.3 Å². The third kappa shape index (κ3) is 4.96. The second kappa shape index (κ2) is 10.2. The zero-order chi connectivity index (χ0) is 26.0. The highest BCUT2D eigenvalue weighted by Gasteiger charge is 2.55. The zero-order valence-corrected chi connectivity index (χ0v) is 21.6. The normalized spacial score (nSPS) is 17.9. The van der Waals surface area contributed by atoms with E-state index in [1.54, 1.807) is 24.3 Å². The van der Waals surface area contributed by atoms with E-state index in [-0.39, 0.29) is 49.6 Å². The second-order valence-electron chi connectivity index (χ2n) is 9.15. The van der Waals surface area contributed by atoms with E-state index in [9.17, 15) is 18.0 Å². The molecule has 194 valence electrons. The molecular weight excluding hydrogens is 516 g/mol. The van der Waals surface area contributed by atoms with Crippen molar-refractivity contribution in [3.63, 3.8) is 0 Å². The van der Waals surface area contributed by atoms with Gasteiger partial charge in [0, 0.05) is 23.8 Å². The van der Waals surface area contributed by atoms with Crippen molar-refractivity contribution in [3.05, 3.63) is 83.8 Å². The molecule has 1 spiro atoms. The fourth-order valence-corrected chi connectivity index (χ4v) is 6.57. The summed E-state index contributed by atoms with van der Waals surface area (Å²) in [7, 11) is -3.73. The van der Waals surface area contributed by atoms with Crippen LogP contribution in [0.1, 0.15) is 18.6 Å². The number of amides is 2. The molecule has 0 aliphatic carbocycles. The number of furan rings is 1. The topological polar surface area (TPSA) is 103 Å². The number of rotatable bonds is 7. The third-order valence-electron chi connectivity index (χ3n) is 6.96. The lowest BCUT2D eigenvalue weighted by Gasteiger charge is -2.42. The van der Waals surface area contributed by atoms with Gasteiger partial charge in [0.25, 0.3) is 0 Å². The lowest BCUT2D eigenvalue weighted by Crippen LogP contribution is -2.57. The molecule has 37 heavy (non-hydrogen) atoms. The van der Waals surface area contributed by atoms with Gasteiger partial charge in [-0.3, -0.25) is 9.59 Å². The van der Waals surface area contributed by atoms with E-state index in [2.05, 4.69) is 5.32 Å². The predicted octanol–water partition coefficient (Wildman–Crippen LogP) is 3.08. The van der Waals surface area contributed by atoms with Crippen molar-refractivity contribution in [2.75, 3.05) is 31.2 Å². The van der Waals surface area contributed by atoms with Gasteiger partial charge >= 0.3 is 0 Å². The summed E-state index contributed by atoms with van der Waals surface area (Å²) in [5.41, 5.74) is -0.0855. The number of hydrogen-bond donors (Lipinski definition) is 1. The average Bonchev–Trinajstić information content (AvgIpc) is 3.52. The van der Waals surface area contributed by atoms with Crippen LogP contribution in [0.15, 0.2) is 82.3 Å². The quantitative estimate of drug-likeness (QED) is 0.492. The SMILES string of the molecule is O=C(CN1CN(c2ccccc2)C2(CCN(S(=O)(=O)c3ccc(Cl)cc3)CC2)C1=O)NCc1ccco1. The number of piperidine rings is 1. The van der Waals surface area contributed by atoms with E-state index < -0.39 is 15.6 Å². The average molecular weight is 543 g/mol. The Kier molecular flexibility index (Phi) is 6.98. The van der Waals surface area contributed by atoms with Gasteiger partial charge in [-0.1, -0.05) is 29.8 Å². The van der Waals surface area contributed by atoms with Crippen molar-refractivity contribution in [1.29, 1.82) is 0 Å². The first-order valence-electron chi connectivity index (χ1n) is 12.0. The monoisotopic (exact) mass is 542 g/mol. The summed E-state index contributed by atoms with van der Waals surface area (Å²) in [6.07, 6.45) is 2.14. The Morgan fingerprint density at radius 2 is 1.70 bits per heavy atom. The molecule has 2 aromatic carbocycles. The van der Waals surface area contributed by atoms with E-state index in [1.165, 1.54) is 27.6 Å². The van der Waals surface area contributed by atoms with Crippen LogP contribution < -0.4 is 10.2 Å². The molecule has 0 unspecified atom stereocenters. The Hall–Kier alpha value is -3.34. The van der Waals surface area contributed by atoms with Crippen molar-refractivity contribution in [1.82, 2.24) is 14.5 Å². The maximum absolute atomic E-state index is 13.8. The summed E-state index contributed by atoms with van der Waals surface area (Å²) in [5, 5.41) is 3.24. The maximum Gasteiger partial charge on any atom is 0.250 e. The predicted molar refractivity (Wildman–Crippen MR) is 138 cm³/mol. The molecule has 1 N–H and O–H groups in total. The Bertz CT molecular complexity index is 1360.